The van der Waals surface area contributed by atoms with Gasteiger partial charge in [-0.15, -0.1) is 5.10 Å². The first-order chi connectivity index (χ1) is 12.2. The third kappa shape index (κ3) is 2.76. The molecule has 3 heterocycles. The summed E-state index contributed by atoms with van der Waals surface area (Å²) in [4.78, 5) is 16.2. The van der Waals surface area contributed by atoms with Gasteiger partial charge in [-0.1, -0.05) is 18.2 Å². The second-order valence-corrected chi connectivity index (χ2v) is 6.16. The van der Waals surface area contributed by atoms with E-state index in [1.165, 1.54) is 0 Å². The van der Waals surface area contributed by atoms with Crippen LogP contribution in [0.25, 0.3) is 22.2 Å². The molecule has 0 bridgehead atoms. The molecule has 1 amide bonds. The summed E-state index contributed by atoms with van der Waals surface area (Å²) in [6.07, 6.45) is 4.12. The number of pyridine rings is 1. The fraction of sp³-hybridized carbons (Fsp3) is 0.333. The third-order valence-corrected chi connectivity index (χ3v) is 4.58. The van der Waals surface area contributed by atoms with Crippen LogP contribution in [0.15, 0.2) is 30.6 Å². The van der Waals surface area contributed by atoms with Crippen molar-refractivity contribution in [2.45, 2.75) is 26.0 Å². The molecule has 1 aliphatic rings. The summed E-state index contributed by atoms with van der Waals surface area (Å²) in [6, 6.07) is 5.87. The highest BCUT2D eigenvalue weighted by atomic mass is 16.5. The van der Waals surface area contributed by atoms with Crippen molar-refractivity contribution in [3.8, 4) is 11.1 Å². The third-order valence-electron chi connectivity index (χ3n) is 4.58. The van der Waals surface area contributed by atoms with Gasteiger partial charge in [-0.25, -0.2) is 4.68 Å². The zero-order valence-electron chi connectivity index (χ0n) is 14.2. The quantitative estimate of drug-likeness (QED) is 0.792. The van der Waals surface area contributed by atoms with Gasteiger partial charge in [-0.3, -0.25) is 9.78 Å². The molecule has 1 N–H and O–H groups in total. The molecule has 1 aromatic carbocycles. The molecular weight excluding hydrogens is 318 g/mol. The average Bonchev–Trinajstić information content (AvgIpc) is 3.02. The summed E-state index contributed by atoms with van der Waals surface area (Å²) in [5, 5.41) is 11.2. The molecule has 2 aromatic heterocycles. The van der Waals surface area contributed by atoms with Gasteiger partial charge in [0.1, 0.15) is 5.52 Å². The van der Waals surface area contributed by atoms with Gasteiger partial charge in [0.15, 0.2) is 0 Å². The van der Waals surface area contributed by atoms with E-state index < -0.39 is 0 Å². The van der Waals surface area contributed by atoms with Crippen molar-refractivity contribution in [3.63, 3.8) is 0 Å². The van der Waals surface area contributed by atoms with Crippen LogP contribution in [0.4, 0.5) is 0 Å². The van der Waals surface area contributed by atoms with E-state index in [2.05, 4.69) is 26.7 Å². The van der Waals surface area contributed by atoms with E-state index in [-0.39, 0.29) is 11.9 Å². The number of amides is 1. The number of nitrogens with one attached hydrogen (secondary N) is 1. The van der Waals surface area contributed by atoms with Crippen LogP contribution in [0.3, 0.4) is 0 Å². The topological polar surface area (TPSA) is 81.9 Å². The van der Waals surface area contributed by atoms with Crippen LogP contribution in [0.5, 0.6) is 0 Å². The fourth-order valence-electron chi connectivity index (χ4n) is 3.20. The van der Waals surface area contributed by atoms with Gasteiger partial charge in [0.25, 0.3) is 0 Å². The standard InChI is InChI=1S/C18H19N5O2/c1-3-18(24)20-16-10-25-9-14-12(7-19-8-13(14)16)11-4-5-15-17(6-11)23(2)22-21-15/h4-8,16H,3,9-10H2,1-2H3,(H,20,24). The number of rotatable bonds is 3. The number of aryl methyl sites for hydroxylation is 1. The van der Waals surface area contributed by atoms with Crippen LogP contribution in [0, 0.1) is 0 Å². The number of aromatic nitrogens is 4. The second kappa shape index (κ2) is 6.25. The summed E-state index contributed by atoms with van der Waals surface area (Å²) in [5.74, 6) is 0.00855. The van der Waals surface area contributed by atoms with Gasteiger partial charge in [0, 0.05) is 37.0 Å². The summed E-state index contributed by atoms with van der Waals surface area (Å²) in [6.45, 7) is 2.81. The number of hydrogen-bond donors (Lipinski definition) is 1. The normalized spacial score (nSPS) is 16.6. The number of hydrogen-bond acceptors (Lipinski definition) is 5. The van der Waals surface area contributed by atoms with Crippen molar-refractivity contribution in [2.75, 3.05) is 6.61 Å². The fourth-order valence-corrected chi connectivity index (χ4v) is 3.20. The van der Waals surface area contributed by atoms with Gasteiger partial charge >= 0.3 is 0 Å². The molecule has 0 spiro atoms. The molecule has 1 atom stereocenters. The van der Waals surface area contributed by atoms with Gasteiger partial charge < -0.3 is 10.1 Å². The predicted molar refractivity (Wildman–Crippen MR) is 92.6 cm³/mol. The van der Waals surface area contributed by atoms with E-state index in [1.807, 2.05) is 38.5 Å². The first-order valence-electron chi connectivity index (χ1n) is 8.31. The maximum absolute atomic E-state index is 11.8. The van der Waals surface area contributed by atoms with Crippen LogP contribution in [0.1, 0.15) is 30.5 Å². The van der Waals surface area contributed by atoms with Crippen LogP contribution >= 0.6 is 0 Å². The SMILES string of the molecule is CCC(=O)NC1COCc2c(-c3ccc4nnn(C)c4c3)cncc21. The minimum Gasteiger partial charge on any atom is -0.374 e. The lowest BCUT2D eigenvalue weighted by Crippen LogP contribution is -2.34. The van der Waals surface area contributed by atoms with Crippen LogP contribution in [-0.4, -0.2) is 32.5 Å². The summed E-state index contributed by atoms with van der Waals surface area (Å²) >= 11 is 0. The van der Waals surface area contributed by atoms with Crippen LogP contribution < -0.4 is 5.32 Å². The van der Waals surface area contributed by atoms with Crippen molar-refractivity contribution >= 4 is 16.9 Å². The highest BCUT2D eigenvalue weighted by Crippen LogP contribution is 2.33. The van der Waals surface area contributed by atoms with Crippen molar-refractivity contribution in [1.82, 2.24) is 25.3 Å². The zero-order chi connectivity index (χ0) is 17.4. The molecule has 0 fully saturated rings. The Morgan fingerprint density at radius 3 is 3.12 bits per heavy atom. The van der Waals surface area contributed by atoms with Crippen molar-refractivity contribution in [1.29, 1.82) is 0 Å². The lowest BCUT2D eigenvalue weighted by Gasteiger charge is -2.27. The first-order valence-corrected chi connectivity index (χ1v) is 8.31. The highest BCUT2D eigenvalue weighted by Gasteiger charge is 2.25. The maximum atomic E-state index is 11.8. The molecule has 3 aromatic rings. The lowest BCUT2D eigenvalue weighted by atomic mass is 9.93. The van der Waals surface area contributed by atoms with Crippen LogP contribution in [0.2, 0.25) is 0 Å². The summed E-state index contributed by atoms with van der Waals surface area (Å²) < 4.78 is 7.49. The molecule has 1 unspecified atom stereocenters. The van der Waals surface area contributed by atoms with E-state index in [0.29, 0.717) is 19.6 Å². The van der Waals surface area contributed by atoms with E-state index in [4.69, 9.17) is 4.74 Å². The number of nitrogens with zero attached hydrogens (tertiary/aromatic N) is 4. The molecule has 4 rings (SSSR count). The second-order valence-electron chi connectivity index (χ2n) is 6.16. The lowest BCUT2D eigenvalue weighted by molar-refractivity contribution is -0.122. The molecule has 0 aliphatic carbocycles. The minimum absolute atomic E-state index is 0.00855. The molecule has 25 heavy (non-hydrogen) atoms. The Morgan fingerprint density at radius 2 is 2.28 bits per heavy atom. The molecule has 0 saturated carbocycles. The Labute approximate surface area is 145 Å². The van der Waals surface area contributed by atoms with E-state index in [1.54, 1.807) is 4.68 Å². The Kier molecular flexibility index (Phi) is 3.93. The molecule has 128 valence electrons. The molecular formula is C18H19N5O2. The monoisotopic (exact) mass is 337 g/mol. The Balaban J connectivity index is 1.79. The van der Waals surface area contributed by atoms with Crippen LogP contribution in [-0.2, 0) is 23.2 Å². The summed E-state index contributed by atoms with van der Waals surface area (Å²) in [7, 11) is 1.87. The summed E-state index contributed by atoms with van der Waals surface area (Å²) in [5.41, 5.74) is 5.95. The molecule has 7 nitrogen and oxygen atoms in total. The number of benzene rings is 1. The van der Waals surface area contributed by atoms with Gasteiger partial charge in [0.2, 0.25) is 5.91 Å². The Morgan fingerprint density at radius 1 is 1.40 bits per heavy atom. The molecule has 1 aliphatic heterocycles. The van der Waals surface area contributed by atoms with Crippen molar-refractivity contribution in [3.05, 3.63) is 41.7 Å². The smallest absolute Gasteiger partial charge is 0.220 e. The van der Waals surface area contributed by atoms with E-state index in [0.717, 1.165) is 33.3 Å². The number of carbonyl (C=O) groups excluding carboxylic acids is 1. The van der Waals surface area contributed by atoms with Crippen molar-refractivity contribution < 1.29 is 9.53 Å². The largest absolute Gasteiger partial charge is 0.374 e. The first kappa shape index (κ1) is 15.7. The minimum atomic E-state index is -0.161. The average molecular weight is 337 g/mol. The zero-order valence-corrected chi connectivity index (χ0v) is 14.2. The molecule has 7 heteroatoms. The Bertz CT molecular complexity index is 950. The van der Waals surface area contributed by atoms with Gasteiger partial charge in [-0.05, 0) is 23.3 Å². The number of ether oxygens (including phenoxy) is 1. The van der Waals surface area contributed by atoms with E-state index in [9.17, 15) is 4.79 Å². The molecule has 0 saturated heterocycles. The van der Waals surface area contributed by atoms with E-state index >= 15 is 0 Å². The Hall–Kier alpha value is -2.80. The maximum Gasteiger partial charge on any atom is 0.220 e. The number of carbonyl (C=O) groups is 1. The van der Waals surface area contributed by atoms with Gasteiger partial charge in [0.05, 0.1) is 24.8 Å². The van der Waals surface area contributed by atoms with Gasteiger partial charge in [-0.2, -0.15) is 0 Å². The predicted octanol–water partition coefficient (Wildman–Crippen LogP) is 2.13. The highest BCUT2D eigenvalue weighted by molar-refractivity contribution is 5.82. The number of fused-ring (bicyclic) bond motifs is 2. The van der Waals surface area contributed by atoms with Crippen molar-refractivity contribution in [2.24, 2.45) is 7.05 Å². The molecule has 0 radical (unpaired) electrons.